The minimum absolute atomic E-state index is 0.0102. The second-order valence-corrected chi connectivity index (χ2v) is 10.7. The van der Waals surface area contributed by atoms with Crippen LogP contribution in [0.5, 0.6) is 0 Å². The molecule has 2 atom stereocenters. The molecule has 0 radical (unpaired) electrons. The van der Waals surface area contributed by atoms with Gasteiger partial charge in [-0.05, 0) is 0 Å². The molecule has 0 bridgehead atoms. The van der Waals surface area contributed by atoms with Crippen molar-refractivity contribution < 1.29 is 26.6 Å². The topological polar surface area (TPSA) is 55.4 Å². The third-order valence-corrected chi connectivity index (χ3v) is 10.6. The van der Waals surface area contributed by atoms with Gasteiger partial charge in [0.15, 0.2) is 0 Å². The Morgan fingerprint density at radius 3 is 0.778 bits per heavy atom. The lowest BCUT2D eigenvalue weighted by molar-refractivity contribution is 0.0889. The Morgan fingerprint density at radius 2 is 0.667 bits per heavy atom. The van der Waals surface area contributed by atoms with Gasteiger partial charge in [-0.1, -0.05) is 13.8 Å². The average molecular weight is 298 g/mol. The molecule has 0 aliphatic heterocycles. The Labute approximate surface area is 112 Å². The van der Waals surface area contributed by atoms with Gasteiger partial charge < -0.3 is 26.6 Å². The fraction of sp³-hybridized carbons (Fsp3) is 1.00. The Kier molecular flexibility index (Phi) is 7.79. The lowest BCUT2D eigenvalue weighted by Crippen LogP contribution is -2.55. The van der Waals surface area contributed by atoms with Gasteiger partial charge in [-0.15, -0.1) is 0 Å². The quantitative estimate of drug-likeness (QED) is 0.602. The summed E-state index contributed by atoms with van der Waals surface area (Å²) >= 11 is 0. The van der Waals surface area contributed by atoms with Gasteiger partial charge in [0, 0.05) is 53.7 Å². The van der Waals surface area contributed by atoms with Crippen molar-refractivity contribution in [3.8, 4) is 0 Å². The molecule has 0 amide bonds. The van der Waals surface area contributed by atoms with Crippen LogP contribution in [0.15, 0.2) is 0 Å². The summed E-state index contributed by atoms with van der Waals surface area (Å²) in [6, 6.07) is 0. The fourth-order valence-electron chi connectivity index (χ4n) is 2.23. The third kappa shape index (κ3) is 3.20. The van der Waals surface area contributed by atoms with Crippen LogP contribution >= 0.6 is 0 Å². The first-order valence-corrected chi connectivity index (χ1v) is 9.34. The maximum Gasteiger partial charge on any atom is 0.503 e. The molecule has 0 rings (SSSR count). The van der Waals surface area contributed by atoms with Crippen molar-refractivity contribution in [3.63, 3.8) is 0 Å². The molecule has 0 saturated heterocycles. The number of hydrogen-bond donors (Lipinski definition) is 0. The van der Waals surface area contributed by atoms with E-state index in [0.29, 0.717) is 0 Å². The van der Waals surface area contributed by atoms with Crippen molar-refractivity contribution in [2.24, 2.45) is 0 Å². The van der Waals surface area contributed by atoms with Crippen molar-refractivity contribution in [1.82, 2.24) is 0 Å². The first kappa shape index (κ1) is 18.2. The maximum absolute atomic E-state index is 5.50. The van der Waals surface area contributed by atoms with Crippen LogP contribution in [-0.2, 0) is 26.6 Å². The normalized spacial score (nSPS) is 16.7. The van der Waals surface area contributed by atoms with E-state index in [1.165, 1.54) is 0 Å². The van der Waals surface area contributed by atoms with Crippen molar-refractivity contribution >= 4 is 17.6 Å². The van der Waals surface area contributed by atoms with Crippen LogP contribution in [0.3, 0.4) is 0 Å². The van der Waals surface area contributed by atoms with E-state index in [1.54, 1.807) is 42.7 Å². The monoisotopic (exact) mass is 298 g/mol. The van der Waals surface area contributed by atoms with Gasteiger partial charge >= 0.3 is 17.6 Å². The van der Waals surface area contributed by atoms with Gasteiger partial charge in [0.2, 0.25) is 0 Å². The highest BCUT2D eigenvalue weighted by Crippen LogP contribution is 2.41. The molecule has 0 aromatic rings. The van der Waals surface area contributed by atoms with Crippen LogP contribution in [-0.4, -0.2) is 60.3 Å². The number of hydrogen-bond acceptors (Lipinski definition) is 6. The first-order valence-electron chi connectivity index (χ1n) is 5.74. The summed E-state index contributed by atoms with van der Waals surface area (Å²) in [5, 5.41) is 0. The Hall–Kier alpha value is 0.194. The van der Waals surface area contributed by atoms with E-state index >= 15 is 0 Å². The zero-order valence-corrected chi connectivity index (χ0v) is 14.6. The molecule has 0 spiro atoms. The van der Waals surface area contributed by atoms with E-state index in [9.17, 15) is 0 Å². The van der Waals surface area contributed by atoms with Crippen molar-refractivity contribution in [2.75, 3.05) is 42.7 Å². The average Bonchev–Trinajstić information content (AvgIpc) is 2.43. The van der Waals surface area contributed by atoms with E-state index in [0.717, 1.165) is 0 Å². The molecule has 0 aliphatic carbocycles. The molecule has 0 aliphatic rings. The minimum atomic E-state index is -2.75. The third-order valence-electron chi connectivity index (χ3n) is 3.57. The van der Waals surface area contributed by atoms with Gasteiger partial charge in [0.1, 0.15) is 0 Å². The zero-order valence-electron chi connectivity index (χ0n) is 12.6. The van der Waals surface area contributed by atoms with Crippen LogP contribution < -0.4 is 0 Å². The summed E-state index contributed by atoms with van der Waals surface area (Å²) in [4.78, 5) is 0. The Balaban J connectivity index is 5.22. The highest BCUT2D eigenvalue weighted by molar-refractivity contribution is 6.68. The van der Waals surface area contributed by atoms with E-state index in [2.05, 4.69) is 0 Å². The molecule has 0 fully saturated rings. The first-order chi connectivity index (χ1) is 8.43. The van der Waals surface area contributed by atoms with E-state index in [4.69, 9.17) is 26.6 Å². The largest absolute Gasteiger partial charge is 0.503 e. The van der Waals surface area contributed by atoms with Crippen molar-refractivity contribution in [2.45, 2.75) is 24.9 Å². The molecule has 6 nitrogen and oxygen atoms in total. The highest BCUT2D eigenvalue weighted by Gasteiger charge is 2.57. The molecular weight excluding hydrogens is 272 g/mol. The van der Waals surface area contributed by atoms with E-state index in [-0.39, 0.29) is 11.1 Å². The second-order valence-electron chi connectivity index (χ2n) is 4.01. The van der Waals surface area contributed by atoms with Gasteiger partial charge in [0.05, 0.1) is 0 Å². The van der Waals surface area contributed by atoms with Crippen LogP contribution in [0.25, 0.3) is 0 Å². The zero-order chi connectivity index (χ0) is 14.4. The predicted octanol–water partition coefficient (Wildman–Crippen LogP) is 1.52. The second kappa shape index (κ2) is 7.70. The lowest BCUT2D eigenvalue weighted by atomic mass is 10.4. The summed E-state index contributed by atoms with van der Waals surface area (Å²) in [5.74, 6) is 0. The molecule has 0 aromatic carbocycles. The van der Waals surface area contributed by atoms with Crippen molar-refractivity contribution in [3.05, 3.63) is 0 Å². The molecule has 2 unspecified atom stereocenters. The van der Waals surface area contributed by atoms with Gasteiger partial charge in [0.25, 0.3) is 0 Å². The van der Waals surface area contributed by atoms with Gasteiger partial charge in [-0.2, -0.15) is 0 Å². The molecule has 18 heavy (non-hydrogen) atoms. The highest BCUT2D eigenvalue weighted by atomic mass is 28.4. The molecule has 0 N–H and O–H groups in total. The summed E-state index contributed by atoms with van der Waals surface area (Å²) in [6.45, 7) is 4.01. The van der Waals surface area contributed by atoms with E-state index < -0.39 is 17.6 Å². The van der Waals surface area contributed by atoms with Crippen LogP contribution in [0.1, 0.15) is 13.8 Å². The van der Waals surface area contributed by atoms with E-state index in [1.807, 2.05) is 13.8 Å². The molecule has 0 saturated carbocycles. The fourth-order valence-corrected chi connectivity index (χ4v) is 7.91. The standard InChI is InChI=1S/C10H26O6Si2/c1-9(17(11-3,12-4)13-5)10(2)18(14-6,15-7)16-8/h9-10H,1-8H3. The minimum Gasteiger partial charge on any atom is -0.377 e. The van der Waals surface area contributed by atoms with Gasteiger partial charge in [-0.3, -0.25) is 0 Å². The molecule has 0 aromatic heterocycles. The summed E-state index contributed by atoms with van der Waals surface area (Å²) in [5.41, 5.74) is -0.0203. The molecule has 110 valence electrons. The Bertz CT molecular complexity index is 192. The molecule has 0 heterocycles. The smallest absolute Gasteiger partial charge is 0.377 e. The summed E-state index contributed by atoms with van der Waals surface area (Å²) in [7, 11) is 4.08. The maximum atomic E-state index is 5.50. The van der Waals surface area contributed by atoms with Crippen LogP contribution in [0, 0.1) is 0 Å². The number of rotatable bonds is 9. The molecule has 8 heteroatoms. The van der Waals surface area contributed by atoms with Crippen LogP contribution in [0.4, 0.5) is 0 Å². The van der Waals surface area contributed by atoms with Crippen LogP contribution in [0.2, 0.25) is 11.1 Å². The SMILES string of the molecule is CO[Si](OC)(OC)C(C)C(C)[Si](OC)(OC)OC. The Morgan fingerprint density at radius 1 is 0.500 bits per heavy atom. The predicted molar refractivity (Wildman–Crippen MR) is 72.4 cm³/mol. The van der Waals surface area contributed by atoms with Gasteiger partial charge in [-0.25, -0.2) is 0 Å². The summed E-state index contributed by atoms with van der Waals surface area (Å²) < 4.78 is 33.0. The summed E-state index contributed by atoms with van der Waals surface area (Å²) in [6.07, 6.45) is 0. The molecular formula is C10H26O6Si2. The van der Waals surface area contributed by atoms with Crippen molar-refractivity contribution in [1.29, 1.82) is 0 Å². The lowest BCUT2D eigenvalue weighted by Gasteiger charge is -2.39.